The highest BCUT2D eigenvalue weighted by Gasteiger charge is 2.28. The average Bonchev–Trinajstić information content (AvgIpc) is 2.32. The Bertz CT molecular complexity index is 404. The molecule has 0 fully saturated rings. The molecule has 0 aliphatic carbocycles. The predicted molar refractivity (Wildman–Crippen MR) is 67.7 cm³/mol. The first-order valence-electron chi connectivity index (χ1n) is 6.11. The molecule has 0 aliphatic rings. The Labute approximate surface area is 110 Å². The second-order valence-electron chi connectivity index (χ2n) is 4.31. The van der Waals surface area contributed by atoms with Gasteiger partial charge in [-0.1, -0.05) is 19.1 Å². The number of hydrogen-bond donors (Lipinski definition) is 1. The topological polar surface area (TPSA) is 15.3 Å². The molecule has 0 spiro atoms. The van der Waals surface area contributed by atoms with Gasteiger partial charge in [0.2, 0.25) is 0 Å². The van der Waals surface area contributed by atoms with E-state index in [9.17, 15) is 17.6 Å². The number of nitrogens with zero attached hydrogens (tertiary/aromatic N) is 1. The maximum atomic E-state index is 13.8. The van der Waals surface area contributed by atoms with Crippen molar-refractivity contribution in [1.82, 2.24) is 5.32 Å². The van der Waals surface area contributed by atoms with Crippen LogP contribution >= 0.6 is 0 Å². The summed E-state index contributed by atoms with van der Waals surface area (Å²) in [6, 6.07) is 4.53. The summed E-state index contributed by atoms with van der Waals surface area (Å²) in [4.78, 5) is 1.31. The van der Waals surface area contributed by atoms with Gasteiger partial charge in [-0.3, -0.25) is 0 Å². The SMILES string of the molecule is CCNCc1cccc(F)c1N(C)CCC(F)(F)F. The number of alkyl halides is 3. The molecule has 1 rings (SSSR count). The van der Waals surface area contributed by atoms with Crippen molar-refractivity contribution in [3.05, 3.63) is 29.6 Å². The van der Waals surface area contributed by atoms with E-state index in [2.05, 4.69) is 5.32 Å². The van der Waals surface area contributed by atoms with Crippen LogP contribution in [0.15, 0.2) is 18.2 Å². The molecule has 0 radical (unpaired) electrons. The van der Waals surface area contributed by atoms with E-state index in [-0.39, 0.29) is 12.2 Å². The Morgan fingerprint density at radius 3 is 2.53 bits per heavy atom. The molecule has 1 N–H and O–H groups in total. The quantitative estimate of drug-likeness (QED) is 0.803. The highest BCUT2D eigenvalue weighted by Crippen LogP contribution is 2.26. The zero-order valence-corrected chi connectivity index (χ0v) is 11.0. The molecular weight excluding hydrogens is 260 g/mol. The second kappa shape index (κ2) is 6.75. The van der Waals surface area contributed by atoms with E-state index >= 15 is 0 Å². The number of anilines is 1. The molecule has 1 aromatic carbocycles. The third-order valence-electron chi connectivity index (χ3n) is 2.75. The minimum Gasteiger partial charge on any atom is -0.372 e. The van der Waals surface area contributed by atoms with Gasteiger partial charge in [0.05, 0.1) is 12.1 Å². The van der Waals surface area contributed by atoms with Crippen LogP contribution in [0.5, 0.6) is 0 Å². The van der Waals surface area contributed by atoms with Crippen LogP contribution in [0.2, 0.25) is 0 Å². The summed E-state index contributed by atoms with van der Waals surface area (Å²) in [6.45, 7) is 2.79. The number of rotatable bonds is 6. The molecule has 0 saturated carbocycles. The van der Waals surface area contributed by atoms with Gasteiger partial charge in [-0.05, 0) is 18.2 Å². The fourth-order valence-corrected chi connectivity index (χ4v) is 1.80. The smallest absolute Gasteiger partial charge is 0.372 e. The van der Waals surface area contributed by atoms with Crippen molar-refractivity contribution < 1.29 is 17.6 Å². The predicted octanol–water partition coefficient (Wildman–Crippen LogP) is 3.32. The Morgan fingerprint density at radius 1 is 1.26 bits per heavy atom. The van der Waals surface area contributed by atoms with Gasteiger partial charge in [-0.15, -0.1) is 0 Å². The molecule has 1 aromatic rings. The van der Waals surface area contributed by atoms with Crippen LogP contribution in [-0.4, -0.2) is 26.3 Å². The molecule has 0 aromatic heterocycles. The molecule has 0 heterocycles. The van der Waals surface area contributed by atoms with Crippen molar-refractivity contribution >= 4 is 5.69 Å². The summed E-state index contributed by atoms with van der Waals surface area (Å²) in [7, 11) is 1.47. The monoisotopic (exact) mass is 278 g/mol. The van der Waals surface area contributed by atoms with Gasteiger partial charge in [0, 0.05) is 20.1 Å². The molecule has 0 unspecified atom stereocenters. The standard InChI is InChI=1S/C13H18F4N2/c1-3-18-9-10-5-4-6-11(14)12(10)19(2)8-7-13(15,16)17/h4-6,18H,3,7-9H2,1-2H3. The summed E-state index contributed by atoms with van der Waals surface area (Å²) >= 11 is 0. The van der Waals surface area contributed by atoms with Crippen LogP contribution in [0.1, 0.15) is 18.9 Å². The van der Waals surface area contributed by atoms with Crippen LogP contribution in [-0.2, 0) is 6.54 Å². The minimum absolute atomic E-state index is 0.229. The normalized spacial score (nSPS) is 11.7. The van der Waals surface area contributed by atoms with Crippen LogP contribution in [0.25, 0.3) is 0 Å². The summed E-state index contributed by atoms with van der Waals surface area (Å²) in [5.41, 5.74) is 0.888. The van der Waals surface area contributed by atoms with Crippen LogP contribution in [0.3, 0.4) is 0 Å². The molecule has 0 bridgehead atoms. The molecule has 0 saturated heterocycles. The maximum absolute atomic E-state index is 13.8. The van der Waals surface area contributed by atoms with E-state index in [1.807, 2.05) is 6.92 Å². The lowest BCUT2D eigenvalue weighted by Gasteiger charge is -2.23. The van der Waals surface area contributed by atoms with Crippen molar-refractivity contribution in [1.29, 1.82) is 0 Å². The molecule has 0 aliphatic heterocycles. The van der Waals surface area contributed by atoms with E-state index in [1.165, 1.54) is 18.0 Å². The zero-order chi connectivity index (χ0) is 14.5. The zero-order valence-electron chi connectivity index (χ0n) is 11.0. The molecule has 0 atom stereocenters. The first-order chi connectivity index (χ1) is 8.85. The van der Waals surface area contributed by atoms with E-state index in [4.69, 9.17) is 0 Å². The Kier molecular flexibility index (Phi) is 5.60. The van der Waals surface area contributed by atoms with Crippen molar-refractivity contribution in [2.75, 3.05) is 25.0 Å². The number of para-hydroxylation sites is 1. The van der Waals surface area contributed by atoms with Crippen molar-refractivity contribution in [3.63, 3.8) is 0 Å². The number of halogens is 4. The van der Waals surface area contributed by atoms with Gasteiger partial charge < -0.3 is 10.2 Å². The molecule has 6 heteroatoms. The molecule has 108 valence electrons. The lowest BCUT2D eigenvalue weighted by molar-refractivity contribution is -0.132. The highest BCUT2D eigenvalue weighted by atomic mass is 19.4. The van der Waals surface area contributed by atoms with E-state index in [0.717, 1.165) is 0 Å². The Hall–Kier alpha value is -1.30. The fourth-order valence-electron chi connectivity index (χ4n) is 1.80. The summed E-state index contributed by atoms with van der Waals surface area (Å²) < 4.78 is 50.4. The number of benzene rings is 1. The Balaban J connectivity index is 2.84. The molecule has 0 amide bonds. The third-order valence-corrected chi connectivity index (χ3v) is 2.75. The summed E-state index contributed by atoms with van der Waals surface area (Å²) in [5.74, 6) is -0.500. The third kappa shape index (κ3) is 5.06. The van der Waals surface area contributed by atoms with E-state index in [0.29, 0.717) is 18.7 Å². The fraction of sp³-hybridized carbons (Fsp3) is 0.538. The lowest BCUT2D eigenvalue weighted by Crippen LogP contribution is -2.26. The van der Waals surface area contributed by atoms with Crippen molar-refractivity contribution in [2.45, 2.75) is 26.1 Å². The number of hydrogen-bond acceptors (Lipinski definition) is 2. The molecule has 19 heavy (non-hydrogen) atoms. The molecular formula is C13H18F4N2. The average molecular weight is 278 g/mol. The Morgan fingerprint density at radius 2 is 1.95 bits per heavy atom. The van der Waals surface area contributed by atoms with Gasteiger partial charge in [0.15, 0.2) is 0 Å². The minimum atomic E-state index is -4.23. The largest absolute Gasteiger partial charge is 0.390 e. The summed E-state index contributed by atoms with van der Waals surface area (Å²) in [5, 5.41) is 3.04. The van der Waals surface area contributed by atoms with Gasteiger partial charge in [-0.2, -0.15) is 13.2 Å². The lowest BCUT2D eigenvalue weighted by atomic mass is 10.1. The van der Waals surface area contributed by atoms with Crippen LogP contribution in [0, 0.1) is 5.82 Å². The van der Waals surface area contributed by atoms with Crippen molar-refractivity contribution in [2.24, 2.45) is 0 Å². The first-order valence-corrected chi connectivity index (χ1v) is 6.11. The molecule has 2 nitrogen and oxygen atoms in total. The van der Waals surface area contributed by atoms with E-state index < -0.39 is 18.4 Å². The van der Waals surface area contributed by atoms with Gasteiger partial charge >= 0.3 is 6.18 Å². The number of nitrogens with one attached hydrogen (secondary N) is 1. The van der Waals surface area contributed by atoms with Gasteiger partial charge in [0.1, 0.15) is 5.82 Å². The highest BCUT2D eigenvalue weighted by molar-refractivity contribution is 5.54. The maximum Gasteiger partial charge on any atom is 0.390 e. The van der Waals surface area contributed by atoms with E-state index in [1.54, 1.807) is 12.1 Å². The van der Waals surface area contributed by atoms with Crippen LogP contribution < -0.4 is 10.2 Å². The second-order valence-corrected chi connectivity index (χ2v) is 4.31. The van der Waals surface area contributed by atoms with Gasteiger partial charge in [-0.25, -0.2) is 4.39 Å². The first kappa shape index (κ1) is 15.8. The van der Waals surface area contributed by atoms with Crippen molar-refractivity contribution in [3.8, 4) is 0 Å². The van der Waals surface area contributed by atoms with Gasteiger partial charge in [0.25, 0.3) is 0 Å². The summed E-state index contributed by atoms with van der Waals surface area (Å²) in [6.07, 6.45) is -5.19. The van der Waals surface area contributed by atoms with Crippen LogP contribution in [0.4, 0.5) is 23.2 Å².